The fourth-order valence-electron chi connectivity index (χ4n) is 3.19. The number of hydrogen-bond acceptors (Lipinski definition) is 3. The predicted molar refractivity (Wildman–Crippen MR) is 91.6 cm³/mol. The standard InChI is InChI=1S/C19H16FN3O2/c1-25-15-4-2-3-14(9-15)23-11-21-19-18(23)16(10-17(24)22-19)12-5-7-13(20)8-6-12/h2-9,11,16H,10H2,1H3,(H,22,24)/t16-/m0/s1. The molecular weight excluding hydrogens is 321 g/mol. The second kappa shape index (κ2) is 6.05. The number of hydrogen-bond donors (Lipinski definition) is 1. The Morgan fingerprint density at radius 3 is 2.80 bits per heavy atom. The fourth-order valence-corrected chi connectivity index (χ4v) is 3.19. The first kappa shape index (κ1) is 15.4. The van der Waals surface area contributed by atoms with Crippen molar-refractivity contribution in [2.24, 2.45) is 0 Å². The van der Waals surface area contributed by atoms with Crippen LogP contribution >= 0.6 is 0 Å². The highest BCUT2D eigenvalue weighted by atomic mass is 19.1. The molecule has 1 aliphatic heterocycles. The summed E-state index contributed by atoms with van der Waals surface area (Å²) in [6.07, 6.45) is 1.97. The van der Waals surface area contributed by atoms with Crippen molar-refractivity contribution in [3.8, 4) is 11.4 Å². The van der Waals surface area contributed by atoms with Gasteiger partial charge in [-0.15, -0.1) is 0 Å². The Bertz CT molecular complexity index is 934. The van der Waals surface area contributed by atoms with Crippen LogP contribution in [-0.4, -0.2) is 22.6 Å². The zero-order valence-corrected chi connectivity index (χ0v) is 13.6. The first-order valence-corrected chi connectivity index (χ1v) is 7.92. The van der Waals surface area contributed by atoms with Gasteiger partial charge >= 0.3 is 0 Å². The van der Waals surface area contributed by atoms with Crippen LogP contribution in [0, 0.1) is 5.82 Å². The molecule has 6 heteroatoms. The molecule has 0 spiro atoms. The van der Waals surface area contributed by atoms with E-state index in [4.69, 9.17) is 4.74 Å². The van der Waals surface area contributed by atoms with Crippen LogP contribution in [0.25, 0.3) is 5.69 Å². The summed E-state index contributed by atoms with van der Waals surface area (Å²) in [7, 11) is 1.62. The first-order chi connectivity index (χ1) is 12.2. The summed E-state index contributed by atoms with van der Waals surface area (Å²) in [4.78, 5) is 16.4. The van der Waals surface area contributed by atoms with Gasteiger partial charge in [0.1, 0.15) is 17.9 Å². The number of nitrogens with one attached hydrogen (secondary N) is 1. The van der Waals surface area contributed by atoms with Crippen molar-refractivity contribution < 1.29 is 13.9 Å². The summed E-state index contributed by atoms with van der Waals surface area (Å²) in [5, 5.41) is 2.81. The highest BCUT2D eigenvalue weighted by Gasteiger charge is 2.31. The summed E-state index contributed by atoms with van der Waals surface area (Å²) >= 11 is 0. The summed E-state index contributed by atoms with van der Waals surface area (Å²) in [6.45, 7) is 0. The molecule has 0 aliphatic carbocycles. The number of carbonyl (C=O) groups excluding carboxylic acids is 1. The molecule has 5 nitrogen and oxygen atoms in total. The average molecular weight is 337 g/mol. The second-order valence-corrected chi connectivity index (χ2v) is 5.91. The largest absolute Gasteiger partial charge is 0.497 e. The SMILES string of the molecule is COc1cccc(-n2cnc3c2[C@H](c2ccc(F)cc2)CC(=O)N3)c1. The second-order valence-electron chi connectivity index (χ2n) is 5.91. The lowest BCUT2D eigenvalue weighted by Gasteiger charge is -2.24. The number of anilines is 1. The van der Waals surface area contributed by atoms with Gasteiger partial charge in [0, 0.05) is 18.4 Å². The normalized spacial score (nSPS) is 16.2. The van der Waals surface area contributed by atoms with E-state index in [2.05, 4.69) is 10.3 Å². The van der Waals surface area contributed by atoms with Crippen molar-refractivity contribution in [3.63, 3.8) is 0 Å². The van der Waals surface area contributed by atoms with E-state index >= 15 is 0 Å². The number of fused-ring (bicyclic) bond motifs is 1. The predicted octanol–water partition coefficient (Wildman–Crippen LogP) is 3.49. The molecule has 1 N–H and O–H groups in total. The molecule has 126 valence electrons. The lowest BCUT2D eigenvalue weighted by molar-refractivity contribution is -0.116. The average Bonchev–Trinajstić information content (AvgIpc) is 3.05. The van der Waals surface area contributed by atoms with Gasteiger partial charge in [-0.05, 0) is 29.8 Å². The third-order valence-corrected chi connectivity index (χ3v) is 4.39. The van der Waals surface area contributed by atoms with Crippen LogP contribution < -0.4 is 10.1 Å². The van der Waals surface area contributed by atoms with Gasteiger partial charge in [0.25, 0.3) is 0 Å². The fraction of sp³-hybridized carbons (Fsp3) is 0.158. The first-order valence-electron chi connectivity index (χ1n) is 7.92. The molecule has 3 aromatic rings. The van der Waals surface area contributed by atoms with E-state index in [0.29, 0.717) is 5.82 Å². The monoisotopic (exact) mass is 337 g/mol. The van der Waals surface area contributed by atoms with E-state index < -0.39 is 0 Å². The van der Waals surface area contributed by atoms with Crippen LogP contribution in [0.4, 0.5) is 10.2 Å². The van der Waals surface area contributed by atoms with Crippen molar-refractivity contribution in [1.82, 2.24) is 9.55 Å². The number of nitrogens with zero attached hydrogens (tertiary/aromatic N) is 2. The van der Waals surface area contributed by atoms with E-state index in [1.165, 1.54) is 12.1 Å². The minimum Gasteiger partial charge on any atom is -0.497 e. The van der Waals surface area contributed by atoms with E-state index in [0.717, 1.165) is 22.7 Å². The lowest BCUT2D eigenvalue weighted by Crippen LogP contribution is -2.25. The molecule has 4 rings (SSSR count). The van der Waals surface area contributed by atoms with E-state index in [1.807, 2.05) is 28.8 Å². The van der Waals surface area contributed by atoms with Crippen LogP contribution in [0.2, 0.25) is 0 Å². The molecule has 0 saturated heterocycles. The number of methoxy groups -OCH3 is 1. The lowest BCUT2D eigenvalue weighted by atomic mass is 9.89. The molecule has 0 bridgehead atoms. The van der Waals surface area contributed by atoms with E-state index in [1.54, 1.807) is 25.6 Å². The van der Waals surface area contributed by atoms with Crippen molar-refractivity contribution in [2.75, 3.05) is 12.4 Å². The minimum atomic E-state index is -0.300. The van der Waals surface area contributed by atoms with Gasteiger partial charge in [0.05, 0.1) is 18.5 Å². The number of rotatable bonds is 3. The quantitative estimate of drug-likeness (QED) is 0.796. The van der Waals surface area contributed by atoms with Gasteiger partial charge < -0.3 is 14.6 Å². The van der Waals surface area contributed by atoms with Gasteiger partial charge in [-0.1, -0.05) is 18.2 Å². The number of carbonyl (C=O) groups is 1. The van der Waals surface area contributed by atoms with Crippen LogP contribution in [-0.2, 0) is 4.79 Å². The Morgan fingerprint density at radius 2 is 2.04 bits per heavy atom. The van der Waals surface area contributed by atoms with Crippen LogP contribution in [0.1, 0.15) is 23.6 Å². The van der Waals surface area contributed by atoms with Gasteiger partial charge in [-0.25, -0.2) is 9.37 Å². The molecule has 25 heavy (non-hydrogen) atoms. The Hall–Kier alpha value is -3.15. The van der Waals surface area contributed by atoms with Crippen LogP contribution in [0.15, 0.2) is 54.9 Å². The van der Waals surface area contributed by atoms with E-state index in [-0.39, 0.29) is 24.1 Å². The molecule has 0 radical (unpaired) electrons. The molecule has 2 aromatic carbocycles. The van der Waals surface area contributed by atoms with Gasteiger partial charge in [0.2, 0.25) is 5.91 Å². The van der Waals surface area contributed by atoms with Crippen molar-refractivity contribution in [2.45, 2.75) is 12.3 Å². The molecule has 2 heterocycles. The van der Waals surface area contributed by atoms with Crippen molar-refractivity contribution in [1.29, 1.82) is 0 Å². The smallest absolute Gasteiger partial charge is 0.226 e. The summed E-state index contributed by atoms with van der Waals surface area (Å²) in [5.41, 5.74) is 2.64. The Kier molecular flexibility index (Phi) is 3.72. The van der Waals surface area contributed by atoms with Gasteiger partial charge in [0.15, 0.2) is 5.82 Å². The van der Waals surface area contributed by atoms with Crippen molar-refractivity contribution in [3.05, 3.63) is 71.9 Å². The minimum absolute atomic E-state index is 0.0993. The molecule has 0 unspecified atom stereocenters. The number of aromatic nitrogens is 2. The Labute approximate surface area is 144 Å². The number of imidazole rings is 1. The zero-order chi connectivity index (χ0) is 17.4. The Balaban J connectivity index is 1.85. The zero-order valence-electron chi connectivity index (χ0n) is 13.6. The third kappa shape index (κ3) is 2.76. The van der Waals surface area contributed by atoms with Crippen LogP contribution in [0.3, 0.4) is 0 Å². The van der Waals surface area contributed by atoms with Crippen molar-refractivity contribution >= 4 is 11.7 Å². The number of benzene rings is 2. The number of amides is 1. The third-order valence-electron chi connectivity index (χ3n) is 4.39. The Morgan fingerprint density at radius 1 is 1.24 bits per heavy atom. The molecule has 1 aliphatic rings. The topological polar surface area (TPSA) is 56.2 Å². The maximum Gasteiger partial charge on any atom is 0.226 e. The molecule has 1 atom stereocenters. The molecule has 1 amide bonds. The molecule has 0 fully saturated rings. The van der Waals surface area contributed by atoms with Gasteiger partial charge in [-0.3, -0.25) is 4.79 Å². The molecule has 1 aromatic heterocycles. The summed E-state index contributed by atoms with van der Waals surface area (Å²) in [6, 6.07) is 13.9. The van der Waals surface area contributed by atoms with Gasteiger partial charge in [-0.2, -0.15) is 0 Å². The maximum atomic E-state index is 13.3. The van der Waals surface area contributed by atoms with E-state index in [9.17, 15) is 9.18 Å². The summed E-state index contributed by atoms with van der Waals surface area (Å²) in [5.74, 6) is 0.674. The highest BCUT2D eigenvalue weighted by molar-refractivity contribution is 5.94. The molecule has 0 saturated carbocycles. The number of halogens is 1. The highest BCUT2D eigenvalue weighted by Crippen LogP contribution is 2.38. The summed E-state index contributed by atoms with van der Waals surface area (Å²) < 4.78 is 20.5. The van der Waals surface area contributed by atoms with Crippen LogP contribution in [0.5, 0.6) is 5.75 Å². The number of ether oxygens (including phenoxy) is 1. The molecular formula is C19H16FN3O2. The maximum absolute atomic E-state index is 13.3.